The smallest absolute Gasteiger partial charge is 0.180 e. The summed E-state index contributed by atoms with van der Waals surface area (Å²) in [4.78, 5) is 4.42. The van der Waals surface area contributed by atoms with E-state index in [2.05, 4.69) is 39.2 Å². The summed E-state index contributed by atoms with van der Waals surface area (Å²) in [5.74, 6) is 0. The summed E-state index contributed by atoms with van der Waals surface area (Å²) < 4.78 is 8.78. The number of halogens is 1. The monoisotopic (exact) mass is 451 g/mol. The van der Waals surface area contributed by atoms with Crippen LogP contribution in [0.1, 0.15) is 91.0 Å². The number of aryl methyl sites for hydroxylation is 1. The Morgan fingerprint density at radius 3 is 2.20 bits per heavy atom. The lowest BCUT2D eigenvalue weighted by atomic mass is 9.89. The highest BCUT2D eigenvalue weighted by atomic mass is 35.5. The lowest BCUT2D eigenvalue weighted by Crippen LogP contribution is -2.37. The molecule has 0 amide bonds. The molecule has 0 aliphatic rings. The van der Waals surface area contributed by atoms with Crippen molar-refractivity contribution in [1.82, 2.24) is 14.8 Å². The molecule has 0 saturated carbocycles. The van der Waals surface area contributed by atoms with Crippen molar-refractivity contribution in [3.05, 3.63) is 23.0 Å². The van der Waals surface area contributed by atoms with Crippen LogP contribution in [0.4, 0.5) is 0 Å². The Hall–Kier alpha value is -0.913. The first-order chi connectivity index (χ1) is 14.4. The molecule has 6 heteroatoms. The molecule has 0 aliphatic carbocycles. The molecule has 0 radical (unpaired) electrons. The minimum Gasteiger partial charge on any atom is -0.415 e. The molecule has 0 aliphatic heterocycles. The van der Waals surface area contributed by atoms with Crippen molar-refractivity contribution in [2.45, 2.75) is 117 Å². The van der Waals surface area contributed by atoms with Crippen LogP contribution in [0.3, 0.4) is 0 Å². The Kier molecular flexibility index (Phi) is 10.3. The Balaban J connectivity index is 2.12. The SMILES string of the molecule is CCCCC(CCCC)(CCCC)[SiH](C)OC(C)Cn1cc2ncc(Cl)c(C)c2n1. The molecule has 2 aromatic rings. The zero-order valence-corrected chi connectivity index (χ0v) is 21.9. The minimum atomic E-state index is -1.38. The topological polar surface area (TPSA) is 39.9 Å². The third-order valence-electron chi connectivity index (χ3n) is 6.60. The van der Waals surface area contributed by atoms with Gasteiger partial charge in [0.1, 0.15) is 11.0 Å². The number of hydrogen-bond donors (Lipinski definition) is 0. The van der Waals surface area contributed by atoms with Crippen LogP contribution in [0, 0.1) is 6.92 Å². The number of aromatic nitrogens is 3. The first-order valence-electron chi connectivity index (χ1n) is 12.0. The molecule has 2 unspecified atom stereocenters. The standard InChI is InChI=1S/C24H42ClN3OSi/c1-7-10-13-24(14-11-8-2,15-12-9-3)30(6)29-19(4)17-28-18-22-23(27-28)20(5)21(25)16-26-22/h16,18-19,30H,7-15,17H2,1-6H3. The van der Waals surface area contributed by atoms with E-state index >= 15 is 0 Å². The summed E-state index contributed by atoms with van der Waals surface area (Å²) in [6, 6.07) is 0. The van der Waals surface area contributed by atoms with E-state index in [0.29, 0.717) is 10.1 Å². The lowest BCUT2D eigenvalue weighted by molar-refractivity contribution is 0.174. The maximum atomic E-state index is 6.79. The van der Waals surface area contributed by atoms with Gasteiger partial charge in [-0.15, -0.1) is 0 Å². The molecule has 0 aromatic carbocycles. The predicted octanol–water partition coefficient (Wildman–Crippen LogP) is 7.46. The van der Waals surface area contributed by atoms with Crippen LogP contribution in [-0.4, -0.2) is 29.9 Å². The number of pyridine rings is 1. The van der Waals surface area contributed by atoms with Gasteiger partial charge in [-0.2, -0.15) is 5.10 Å². The zero-order valence-electron chi connectivity index (χ0n) is 20.0. The molecule has 2 rings (SSSR count). The van der Waals surface area contributed by atoms with E-state index < -0.39 is 9.04 Å². The first kappa shape index (κ1) is 25.3. The van der Waals surface area contributed by atoms with Crippen molar-refractivity contribution >= 4 is 31.7 Å². The number of fused-ring (bicyclic) bond motifs is 1. The lowest BCUT2D eigenvalue weighted by Gasteiger charge is -2.40. The first-order valence-corrected chi connectivity index (χ1v) is 14.6. The van der Waals surface area contributed by atoms with E-state index in [1.165, 1.54) is 57.8 Å². The molecule has 0 N–H and O–H groups in total. The Morgan fingerprint density at radius 1 is 1.10 bits per heavy atom. The second-order valence-electron chi connectivity index (χ2n) is 9.08. The number of unbranched alkanes of at least 4 members (excludes halogenated alkanes) is 3. The van der Waals surface area contributed by atoms with E-state index in [9.17, 15) is 0 Å². The molecule has 0 bridgehead atoms. The minimum absolute atomic E-state index is 0.154. The van der Waals surface area contributed by atoms with Gasteiger partial charge in [-0.1, -0.05) is 70.9 Å². The summed E-state index contributed by atoms with van der Waals surface area (Å²) in [6.45, 7) is 14.3. The van der Waals surface area contributed by atoms with Crippen LogP contribution >= 0.6 is 11.6 Å². The quantitative estimate of drug-likeness (QED) is 0.280. The van der Waals surface area contributed by atoms with E-state index in [-0.39, 0.29) is 6.10 Å². The maximum absolute atomic E-state index is 6.79. The zero-order chi connectivity index (χ0) is 22.1. The van der Waals surface area contributed by atoms with E-state index in [1.54, 1.807) is 6.20 Å². The number of nitrogens with zero attached hydrogens (tertiary/aromatic N) is 3. The highest BCUT2D eigenvalue weighted by Gasteiger charge is 2.37. The van der Waals surface area contributed by atoms with E-state index in [1.807, 2.05) is 17.8 Å². The highest BCUT2D eigenvalue weighted by Crippen LogP contribution is 2.47. The van der Waals surface area contributed by atoms with Gasteiger partial charge >= 0.3 is 0 Å². The van der Waals surface area contributed by atoms with Crippen LogP contribution in [0.15, 0.2) is 12.4 Å². The van der Waals surface area contributed by atoms with Gasteiger partial charge in [0.15, 0.2) is 9.04 Å². The molecule has 0 spiro atoms. The van der Waals surface area contributed by atoms with Crippen LogP contribution in [-0.2, 0) is 11.0 Å². The normalized spacial score (nSPS) is 14.4. The number of rotatable bonds is 14. The highest BCUT2D eigenvalue weighted by molar-refractivity contribution is 6.54. The average molecular weight is 452 g/mol. The second kappa shape index (κ2) is 12.2. The van der Waals surface area contributed by atoms with Crippen LogP contribution in [0.2, 0.25) is 16.6 Å². The average Bonchev–Trinajstić information content (AvgIpc) is 3.13. The Bertz CT molecular complexity index is 757. The molecule has 0 fully saturated rings. The summed E-state index contributed by atoms with van der Waals surface area (Å²) in [7, 11) is -1.38. The van der Waals surface area contributed by atoms with E-state index in [0.717, 1.165) is 23.1 Å². The molecule has 170 valence electrons. The van der Waals surface area contributed by atoms with Crippen molar-refractivity contribution in [3.63, 3.8) is 0 Å². The van der Waals surface area contributed by atoms with Crippen LogP contribution in [0.5, 0.6) is 0 Å². The van der Waals surface area contributed by atoms with Crippen molar-refractivity contribution in [3.8, 4) is 0 Å². The van der Waals surface area contributed by atoms with Gasteiger partial charge in [0.05, 0.1) is 23.9 Å². The summed E-state index contributed by atoms with van der Waals surface area (Å²) in [5.41, 5.74) is 2.79. The molecular formula is C24H42ClN3OSi. The molecule has 4 nitrogen and oxygen atoms in total. The predicted molar refractivity (Wildman–Crippen MR) is 132 cm³/mol. The van der Waals surface area contributed by atoms with Crippen molar-refractivity contribution in [2.75, 3.05) is 0 Å². The van der Waals surface area contributed by atoms with Gasteiger partial charge in [-0.25, -0.2) is 0 Å². The second-order valence-corrected chi connectivity index (χ2v) is 12.3. The molecule has 2 heterocycles. The molecular weight excluding hydrogens is 410 g/mol. The van der Waals surface area contributed by atoms with Crippen LogP contribution in [0.25, 0.3) is 11.0 Å². The van der Waals surface area contributed by atoms with Crippen molar-refractivity contribution < 1.29 is 4.43 Å². The van der Waals surface area contributed by atoms with Crippen LogP contribution < -0.4 is 0 Å². The Labute approximate surface area is 190 Å². The molecule has 2 aromatic heterocycles. The van der Waals surface area contributed by atoms with Gasteiger partial charge in [0.25, 0.3) is 0 Å². The summed E-state index contributed by atoms with van der Waals surface area (Å²) >= 11 is 6.22. The van der Waals surface area contributed by atoms with Crippen molar-refractivity contribution in [2.24, 2.45) is 0 Å². The van der Waals surface area contributed by atoms with Gasteiger partial charge in [-0.3, -0.25) is 9.67 Å². The largest absolute Gasteiger partial charge is 0.415 e. The molecule has 0 saturated heterocycles. The molecule has 2 atom stereocenters. The fraction of sp³-hybridized carbons (Fsp3) is 0.750. The van der Waals surface area contributed by atoms with Gasteiger partial charge in [-0.05, 0) is 50.3 Å². The summed E-state index contributed by atoms with van der Waals surface area (Å²) in [6.07, 6.45) is 15.6. The maximum Gasteiger partial charge on any atom is 0.180 e. The van der Waals surface area contributed by atoms with E-state index in [4.69, 9.17) is 21.1 Å². The van der Waals surface area contributed by atoms with Gasteiger partial charge in [0.2, 0.25) is 0 Å². The fourth-order valence-corrected chi connectivity index (χ4v) is 7.61. The summed E-state index contributed by atoms with van der Waals surface area (Å²) in [5, 5.41) is 5.84. The van der Waals surface area contributed by atoms with Crippen molar-refractivity contribution in [1.29, 1.82) is 0 Å². The Morgan fingerprint density at radius 2 is 1.67 bits per heavy atom. The molecule has 30 heavy (non-hydrogen) atoms. The fourth-order valence-electron chi connectivity index (χ4n) is 4.57. The van der Waals surface area contributed by atoms with Gasteiger partial charge in [0, 0.05) is 6.20 Å². The third kappa shape index (κ3) is 6.54. The third-order valence-corrected chi connectivity index (χ3v) is 10.4. The number of hydrogen-bond acceptors (Lipinski definition) is 3. The van der Waals surface area contributed by atoms with Gasteiger partial charge < -0.3 is 4.43 Å².